The zero-order chi connectivity index (χ0) is 21.4. The summed E-state index contributed by atoms with van der Waals surface area (Å²) < 4.78 is 43.7. The predicted molar refractivity (Wildman–Crippen MR) is 90.3 cm³/mol. The Morgan fingerprint density at radius 2 is 0.360 bits per heavy atom. The Bertz CT molecular complexity index is 272. The zero-order valence-corrected chi connectivity index (χ0v) is 17.5. The Labute approximate surface area is 146 Å². The molecule has 0 aromatic carbocycles. The summed E-state index contributed by atoms with van der Waals surface area (Å²) in [6.45, 7) is 0. The molecule has 1 aliphatic carbocycles. The molecule has 0 heterocycles. The molecule has 1 fully saturated rings. The molecule has 20 heteroatoms. The highest BCUT2D eigenvalue weighted by Crippen LogP contribution is 2.15. The van der Waals surface area contributed by atoms with Crippen molar-refractivity contribution in [2.24, 2.45) is 0 Å². The summed E-state index contributed by atoms with van der Waals surface area (Å²) in [7, 11) is -15.6. The van der Waals surface area contributed by atoms with Gasteiger partial charge in [-0.2, -0.15) is 0 Å². The van der Waals surface area contributed by atoms with E-state index in [-0.39, 0.29) is 0 Å². The van der Waals surface area contributed by atoms with E-state index >= 15 is 0 Å². The summed E-state index contributed by atoms with van der Waals surface area (Å²) in [4.78, 5) is 71.6. The van der Waals surface area contributed by atoms with E-state index in [0.29, 0.717) is 0 Å². The van der Waals surface area contributed by atoms with Gasteiger partial charge >= 0.3 is 41.3 Å². The molecule has 25 heavy (non-hydrogen) atoms. The van der Waals surface area contributed by atoms with E-state index in [4.69, 9.17) is 71.8 Å². The SMILES string of the molecule is C1CCCC1.O=[PH](O)O.O=[PH](O)O.O=[PH](O)O.O=[PH](O)O.O=[PH](O)O. The third-order valence-corrected chi connectivity index (χ3v) is 1.25. The van der Waals surface area contributed by atoms with Crippen LogP contribution in [0.15, 0.2) is 0 Å². The maximum atomic E-state index is 8.74. The van der Waals surface area contributed by atoms with Crippen molar-refractivity contribution in [3.05, 3.63) is 0 Å². The average Bonchev–Trinajstić information content (AvgIpc) is 2.80. The van der Waals surface area contributed by atoms with Crippen LogP contribution >= 0.6 is 41.3 Å². The Hall–Kier alpha value is 0.750. The second kappa shape index (κ2) is 32.4. The summed E-state index contributed by atoms with van der Waals surface area (Å²) in [6.07, 6.45) is 7.50. The van der Waals surface area contributed by atoms with Crippen molar-refractivity contribution >= 4 is 41.3 Å². The van der Waals surface area contributed by atoms with Crippen LogP contribution in [-0.2, 0) is 22.8 Å². The van der Waals surface area contributed by atoms with Gasteiger partial charge in [0.1, 0.15) is 0 Å². The summed E-state index contributed by atoms with van der Waals surface area (Å²) in [6, 6.07) is 0. The van der Waals surface area contributed by atoms with Gasteiger partial charge in [0.05, 0.1) is 0 Å². The smallest absolute Gasteiger partial charge is 0.314 e. The van der Waals surface area contributed by atoms with Crippen molar-refractivity contribution in [3.63, 3.8) is 0 Å². The highest BCUT2D eigenvalue weighted by atomic mass is 31.1. The molecule has 0 atom stereocenters. The van der Waals surface area contributed by atoms with Gasteiger partial charge in [0.2, 0.25) is 0 Å². The molecule has 1 aliphatic rings. The molecule has 1 rings (SSSR count). The van der Waals surface area contributed by atoms with E-state index in [1.165, 1.54) is 32.1 Å². The number of rotatable bonds is 0. The van der Waals surface area contributed by atoms with E-state index in [0.717, 1.165) is 0 Å². The molecule has 0 amide bonds. The van der Waals surface area contributed by atoms with Crippen LogP contribution < -0.4 is 0 Å². The van der Waals surface area contributed by atoms with Crippen molar-refractivity contribution in [1.82, 2.24) is 0 Å². The number of hydrogen-bond donors (Lipinski definition) is 10. The second-order valence-electron chi connectivity index (χ2n) is 3.18. The molecule has 0 aromatic rings. The Morgan fingerprint density at radius 1 is 0.320 bits per heavy atom. The van der Waals surface area contributed by atoms with E-state index in [1.54, 1.807) is 0 Å². The summed E-state index contributed by atoms with van der Waals surface area (Å²) in [5.41, 5.74) is 0. The van der Waals surface area contributed by atoms with Gasteiger partial charge in [0, 0.05) is 0 Å². The largest absolute Gasteiger partial charge is 0.326 e. The van der Waals surface area contributed by atoms with E-state index < -0.39 is 41.3 Å². The van der Waals surface area contributed by atoms with Crippen LogP contribution in [0.3, 0.4) is 0 Å². The Morgan fingerprint density at radius 3 is 0.400 bits per heavy atom. The van der Waals surface area contributed by atoms with Crippen LogP contribution in [0.1, 0.15) is 32.1 Å². The number of hydrogen-bond acceptors (Lipinski definition) is 5. The molecule has 0 radical (unpaired) electrons. The summed E-state index contributed by atoms with van der Waals surface area (Å²) in [5, 5.41) is 0. The molecule has 0 saturated heterocycles. The maximum absolute atomic E-state index is 8.74. The van der Waals surface area contributed by atoms with Gasteiger partial charge in [-0.1, -0.05) is 32.1 Å². The lowest BCUT2D eigenvalue weighted by molar-refractivity contribution is 0.403. The van der Waals surface area contributed by atoms with Crippen molar-refractivity contribution in [2.75, 3.05) is 0 Å². The first-order valence-electron chi connectivity index (χ1n) is 5.76. The summed E-state index contributed by atoms with van der Waals surface area (Å²) in [5.74, 6) is 0. The van der Waals surface area contributed by atoms with Crippen LogP contribution in [0, 0.1) is 0 Å². The van der Waals surface area contributed by atoms with E-state index in [2.05, 4.69) is 0 Å². The Balaban J connectivity index is -0.0000000643. The monoisotopic (exact) mass is 480 g/mol. The van der Waals surface area contributed by atoms with Crippen molar-refractivity contribution < 1.29 is 71.8 Å². The molecule has 1 saturated carbocycles. The van der Waals surface area contributed by atoms with E-state index in [1.807, 2.05) is 0 Å². The standard InChI is InChI=1S/C5H10.5H3O3P/c1-2-4-5-3-1;5*1-4(2)3/h1-5H2;5*4H,(H2,1,2,3). The average molecular weight is 480 g/mol. The highest BCUT2D eigenvalue weighted by Gasteiger charge is 1.95. The molecule has 0 unspecified atom stereocenters. The quantitative estimate of drug-likeness (QED) is 0.181. The third kappa shape index (κ3) is 387. The molecular formula is C5H25O15P5. The van der Waals surface area contributed by atoms with Gasteiger partial charge in [-0.25, -0.2) is 0 Å². The molecule has 0 aromatic heterocycles. The second-order valence-corrected chi connectivity index (χ2v) is 6.01. The lowest BCUT2D eigenvalue weighted by Gasteiger charge is -1.67. The molecule has 0 bridgehead atoms. The first-order chi connectivity index (χ1) is 11.2. The maximum Gasteiger partial charge on any atom is 0.314 e. The van der Waals surface area contributed by atoms with Crippen LogP contribution in [-0.4, -0.2) is 48.9 Å². The van der Waals surface area contributed by atoms with Crippen molar-refractivity contribution in [3.8, 4) is 0 Å². The summed E-state index contributed by atoms with van der Waals surface area (Å²) >= 11 is 0. The van der Waals surface area contributed by atoms with Gasteiger partial charge in [0.15, 0.2) is 0 Å². The fraction of sp³-hybridized carbons (Fsp3) is 1.00. The van der Waals surface area contributed by atoms with Gasteiger partial charge in [-0.15, -0.1) is 0 Å². The minimum Gasteiger partial charge on any atom is -0.326 e. The van der Waals surface area contributed by atoms with Crippen LogP contribution in [0.2, 0.25) is 0 Å². The van der Waals surface area contributed by atoms with Gasteiger partial charge < -0.3 is 48.9 Å². The normalized spacial score (nSPS) is 11.8. The molecular weight excluding hydrogens is 455 g/mol. The zero-order valence-electron chi connectivity index (χ0n) is 12.5. The molecule has 0 spiro atoms. The molecule has 0 aliphatic heterocycles. The van der Waals surface area contributed by atoms with Gasteiger partial charge in [-0.05, 0) is 0 Å². The molecule has 10 N–H and O–H groups in total. The lowest BCUT2D eigenvalue weighted by Crippen LogP contribution is -1.47. The van der Waals surface area contributed by atoms with Crippen molar-refractivity contribution in [1.29, 1.82) is 0 Å². The van der Waals surface area contributed by atoms with Crippen LogP contribution in [0.25, 0.3) is 0 Å². The minimum atomic E-state index is -3.13. The first kappa shape index (κ1) is 36.6. The lowest BCUT2D eigenvalue weighted by atomic mass is 10.4. The fourth-order valence-corrected chi connectivity index (χ4v) is 0.884. The fourth-order valence-electron chi connectivity index (χ4n) is 0.884. The third-order valence-electron chi connectivity index (χ3n) is 1.25. The highest BCUT2D eigenvalue weighted by molar-refractivity contribution is 7.31. The molecule has 15 nitrogen and oxygen atoms in total. The first-order valence-corrected chi connectivity index (χ1v) is 12.3. The van der Waals surface area contributed by atoms with Gasteiger partial charge in [-0.3, -0.25) is 22.8 Å². The van der Waals surface area contributed by atoms with Crippen molar-refractivity contribution in [2.45, 2.75) is 32.1 Å². The van der Waals surface area contributed by atoms with E-state index in [9.17, 15) is 0 Å². The Kier molecular flexibility index (Phi) is 47.5. The molecule has 160 valence electrons. The predicted octanol–water partition coefficient (Wildman–Crippen LogP) is -1.25. The van der Waals surface area contributed by atoms with Gasteiger partial charge in [0.25, 0.3) is 0 Å². The van der Waals surface area contributed by atoms with Crippen LogP contribution in [0.4, 0.5) is 0 Å². The van der Waals surface area contributed by atoms with Crippen LogP contribution in [0.5, 0.6) is 0 Å². The topological polar surface area (TPSA) is 288 Å². The minimum absolute atomic E-state index is 1.50.